The maximum Gasteiger partial charge on any atom is 0.122 e. The van der Waals surface area contributed by atoms with Crippen molar-refractivity contribution in [3.8, 4) is 5.75 Å². The summed E-state index contributed by atoms with van der Waals surface area (Å²) in [7, 11) is 1.70. The van der Waals surface area contributed by atoms with Gasteiger partial charge in [0.05, 0.1) is 7.11 Å². The third-order valence-corrected chi connectivity index (χ3v) is 3.13. The zero-order chi connectivity index (χ0) is 12.7. The number of aryl methyl sites for hydroxylation is 1. The molecule has 0 bridgehead atoms. The van der Waals surface area contributed by atoms with Crippen LogP contribution in [0.1, 0.15) is 49.8 Å². The van der Waals surface area contributed by atoms with Crippen molar-refractivity contribution in [3.05, 3.63) is 29.3 Å². The Bertz CT molecular complexity index is 339. The van der Waals surface area contributed by atoms with Gasteiger partial charge in [0, 0.05) is 6.04 Å². The summed E-state index contributed by atoms with van der Waals surface area (Å²) in [5.74, 6) is 6.55. The number of benzene rings is 1. The van der Waals surface area contributed by atoms with E-state index in [2.05, 4.69) is 30.5 Å². The molecule has 3 heteroatoms. The minimum atomic E-state index is 0.219. The Kier molecular flexibility index (Phi) is 6.01. The van der Waals surface area contributed by atoms with Crippen LogP contribution in [0.5, 0.6) is 5.75 Å². The van der Waals surface area contributed by atoms with Gasteiger partial charge in [-0.3, -0.25) is 11.3 Å². The number of ether oxygens (including phenoxy) is 1. The smallest absolute Gasteiger partial charge is 0.122 e. The predicted molar refractivity (Wildman–Crippen MR) is 71.9 cm³/mol. The number of hydrazine groups is 1. The van der Waals surface area contributed by atoms with Crippen molar-refractivity contribution in [1.29, 1.82) is 0 Å². The van der Waals surface area contributed by atoms with Gasteiger partial charge in [-0.25, -0.2) is 0 Å². The van der Waals surface area contributed by atoms with E-state index in [9.17, 15) is 0 Å². The van der Waals surface area contributed by atoms with Crippen LogP contribution in [0.25, 0.3) is 0 Å². The molecule has 1 aromatic rings. The fourth-order valence-electron chi connectivity index (χ4n) is 2.00. The number of methoxy groups -OCH3 is 1. The van der Waals surface area contributed by atoms with Crippen LogP contribution in [0, 0.1) is 6.92 Å². The molecular weight excluding hydrogens is 212 g/mol. The summed E-state index contributed by atoms with van der Waals surface area (Å²) in [6, 6.07) is 6.49. The SMILES string of the molecule is CCCCCC(NN)c1ccc(C)c(OC)c1. The molecule has 0 spiro atoms. The van der Waals surface area contributed by atoms with Crippen molar-refractivity contribution in [2.24, 2.45) is 5.84 Å². The number of hydrogen-bond donors (Lipinski definition) is 2. The molecule has 1 atom stereocenters. The Morgan fingerprint density at radius 1 is 1.35 bits per heavy atom. The van der Waals surface area contributed by atoms with E-state index in [1.54, 1.807) is 7.11 Å². The molecule has 3 nitrogen and oxygen atoms in total. The molecule has 0 saturated carbocycles. The summed E-state index contributed by atoms with van der Waals surface area (Å²) in [4.78, 5) is 0. The topological polar surface area (TPSA) is 47.3 Å². The highest BCUT2D eigenvalue weighted by Gasteiger charge is 2.10. The van der Waals surface area contributed by atoms with Crippen LogP contribution < -0.4 is 16.0 Å². The number of nitrogens with two attached hydrogens (primary N) is 1. The van der Waals surface area contributed by atoms with Gasteiger partial charge in [0.1, 0.15) is 5.75 Å². The maximum absolute atomic E-state index is 5.63. The van der Waals surface area contributed by atoms with E-state index in [4.69, 9.17) is 10.6 Å². The summed E-state index contributed by atoms with van der Waals surface area (Å²) in [5, 5.41) is 0. The van der Waals surface area contributed by atoms with Crippen LogP contribution in [-0.4, -0.2) is 7.11 Å². The fraction of sp³-hybridized carbons (Fsp3) is 0.571. The van der Waals surface area contributed by atoms with Crippen molar-refractivity contribution in [2.75, 3.05) is 7.11 Å². The van der Waals surface area contributed by atoms with Gasteiger partial charge in [0.15, 0.2) is 0 Å². The Morgan fingerprint density at radius 3 is 2.71 bits per heavy atom. The Morgan fingerprint density at radius 2 is 2.12 bits per heavy atom. The van der Waals surface area contributed by atoms with Crippen molar-refractivity contribution in [3.63, 3.8) is 0 Å². The molecule has 0 amide bonds. The number of hydrogen-bond acceptors (Lipinski definition) is 3. The lowest BCUT2D eigenvalue weighted by Gasteiger charge is -2.17. The monoisotopic (exact) mass is 236 g/mol. The van der Waals surface area contributed by atoms with Gasteiger partial charge in [0.25, 0.3) is 0 Å². The summed E-state index contributed by atoms with van der Waals surface area (Å²) in [6.07, 6.45) is 4.74. The first kappa shape index (κ1) is 14.0. The van der Waals surface area contributed by atoms with E-state index in [-0.39, 0.29) is 6.04 Å². The van der Waals surface area contributed by atoms with E-state index < -0.39 is 0 Å². The molecule has 1 rings (SSSR count). The van der Waals surface area contributed by atoms with Gasteiger partial charge >= 0.3 is 0 Å². The van der Waals surface area contributed by atoms with Crippen LogP contribution in [0.4, 0.5) is 0 Å². The first-order chi connectivity index (χ1) is 8.22. The molecule has 3 N–H and O–H groups in total. The van der Waals surface area contributed by atoms with Gasteiger partial charge in [-0.05, 0) is 30.5 Å². The highest BCUT2D eigenvalue weighted by atomic mass is 16.5. The van der Waals surface area contributed by atoms with Crippen LogP contribution >= 0.6 is 0 Å². The highest BCUT2D eigenvalue weighted by molar-refractivity contribution is 5.37. The summed E-state index contributed by atoms with van der Waals surface area (Å²) >= 11 is 0. The van der Waals surface area contributed by atoms with Crippen LogP contribution in [0.15, 0.2) is 18.2 Å². The molecule has 0 aliphatic carbocycles. The summed E-state index contributed by atoms with van der Waals surface area (Å²) in [6.45, 7) is 4.25. The average Bonchev–Trinajstić information content (AvgIpc) is 2.36. The molecule has 0 aromatic heterocycles. The zero-order valence-electron chi connectivity index (χ0n) is 11.1. The van der Waals surface area contributed by atoms with Gasteiger partial charge in [-0.1, -0.05) is 38.3 Å². The van der Waals surface area contributed by atoms with Crippen molar-refractivity contribution in [1.82, 2.24) is 5.43 Å². The van der Waals surface area contributed by atoms with Crippen molar-refractivity contribution >= 4 is 0 Å². The van der Waals surface area contributed by atoms with E-state index >= 15 is 0 Å². The minimum absolute atomic E-state index is 0.219. The Balaban J connectivity index is 2.73. The lowest BCUT2D eigenvalue weighted by atomic mass is 9.99. The molecule has 17 heavy (non-hydrogen) atoms. The van der Waals surface area contributed by atoms with Gasteiger partial charge < -0.3 is 4.74 Å². The van der Waals surface area contributed by atoms with Crippen LogP contribution in [0.2, 0.25) is 0 Å². The molecule has 0 radical (unpaired) electrons. The molecule has 0 saturated heterocycles. The fourth-order valence-corrected chi connectivity index (χ4v) is 2.00. The van der Waals surface area contributed by atoms with Crippen LogP contribution in [-0.2, 0) is 0 Å². The molecule has 1 unspecified atom stereocenters. The maximum atomic E-state index is 5.63. The third-order valence-electron chi connectivity index (χ3n) is 3.13. The third kappa shape index (κ3) is 4.02. The van der Waals surface area contributed by atoms with Crippen LogP contribution in [0.3, 0.4) is 0 Å². The van der Waals surface area contributed by atoms with E-state index in [0.29, 0.717) is 0 Å². The lowest BCUT2D eigenvalue weighted by Crippen LogP contribution is -2.28. The van der Waals surface area contributed by atoms with Gasteiger partial charge in [0.2, 0.25) is 0 Å². The molecule has 0 heterocycles. The largest absolute Gasteiger partial charge is 0.496 e. The quantitative estimate of drug-likeness (QED) is 0.434. The summed E-state index contributed by atoms with van der Waals surface area (Å²) < 4.78 is 5.34. The second-order valence-corrected chi connectivity index (χ2v) is 4.44. The number of rotatable bonds is 7. The first-order valence-electron chi connectivity index (χ1n) is 6.33. The molecule has 0 fully saturated rings. The van der Waals surface area contributed by atoms with Gasteiger partial charge in [-0.2, -0.15) is 0 Å². The molecule has 0 aliphatic rings. The number of unbranched alkanes of at least 4 members (excludes halogenated alkanes) is 2. The normalized spacial score (nSPS) is 12.5. The second kappa shape index (κ2) is 7.30. The average molecular weight is 236 g/mol. The highest BCUT2D eigenvalue weighted by Crippen LogP contribution is 2.25. The molecule has 1 aromatic carbocycles. The molecular formula is C14H24N2O. The standard InChI is InChI=1S/C14H24N2O/c1-4-5-6-7-13(16-15)12-9-8-11(2)14(10-12)17-3/h8-10,13,16H,4-7,15H2,1-3H3. The van der Waals surface area contributed by atoms with E-state index in [1.165, 1.54) is 24.8 Å². The van der Waals surface area contributed by atoms with Crippen molar-refractivity contribution in [2.45, 2.75) is 45.6 Å². The lowest BCUT2D eigenvalue weighted by molar-refractivity contribution is 0.409. The second-order valence-electron chi connectivity index (χ2n) is 4.44. The predicted octanol–water partition coefficient (Wildman–Crippen LogP) is 3.09. The van der Waals surface area contributed by atoms with Gasteiger partial charge in [-0.15, -0.1) is 0 Å². The van der Waals surface area contributed by atoms with Crippen molar-refractivity contribution < 1.29 is 4.74 Å². The Hall–Kier alpha value is -1.06. The molecule has 0 aliphatic heterocycles. The van der Waals surface area contributed by atoms with E-state index in [1.807, 2.05) is 6.92 Å². The van der Waals surface area contributed by atoms with E-state index in [0.717, 1.165) is 17.7 Å². The molecule has 96 valence electrons. The first-order valence-corrected chi connectivity index (χ1v) is 6.33. The summed E-state index contributed by atoms with van der Waals surface area (Å²) in [5.41, 5.74) is 5.25. The number of nitrogens with one attached hydrogen (secondary N) is 1. The minimum Gasteiger partial charge on any atom is -0.496 e. The zero-order valence-corrected chi connectivity index (χ0v) is 11.1. The Labute approximate surface area is 104 Å².